The molecular weight excluding hydrogens is 399 g/mol. The topological polar surface area (TPSA) is 49.4 Å². The predicted molar refractivity (Wildman–Crippen MR) is 117 cm³/mol. The maximum Gasteiger partial charge on any atom is 0.256 e. The predicted octanol–water partition coefficient (Wildman–Crippen LogP) is 4.38. The molecule has 1 atom stereocenters. The van der Waals surface area contributed by atoms with Crippen LogP contribution in [0, 0.1) is 11.2 Å². The summed E-state index contributed by atoms with van der Waals surface area (Å²) in [6.45, 7) is 0.689. The van der Waals surface area contributed by atoms with Crippen molar-refractivity contribution in [2.45, 2.75) is 12.8 Å². The molecule has 1 fully saturated rings. The molecule has 0 radical (unpaired) electrons. The Labute approximate surface area is 179 Å². The van der Waals surface area contributed by atoms with Crippen LogP contribution in [0.25, 0.3) is 10.4 Å². The smallest absolute Gasteiger partial charge is 0.256 e. The molecule has 1 unspecified atom stereocenters. The van der Waals surface area contributed by atoms with Gasteiger partial charge in [0.25, 0.3) is 5.91 Å². The lowest BCUT2D eigenvalue weighted by Crippen LogP contribution is -2.44. The van der Waals surface area contributed by atoms with E-state index < -0.39 is 11.2 Å². The van der Waals surface area contributed by atoms with E-state index in [0.717, 1.165) is 11.1 Å². The van der Waals surface area contributed by atoms with Gasteiger partial charge in [0.05, 0.1) is 11.0 Å². The molecule has 0 aliphatic carbocycles. The molecule has 0 spiro atoms. The quantitative estimate of drug-likeness (QED) is 0.664. The number of hydrogen-bond donors (Lipinski definition) is 1. The van der Waals surface area contributed by atoms with Crippen LogP contribution < -0.4 is 5.32 Å². The first-order valence-corrected chi connectivity index (χ1v) is 10.8. The number of thiophene rings is 1. The average molecular weight is 423 g/mol. The lowest BCUT2D eigenvalue weighted by atomic mass is 9.79. The summed E-state index contributed by atoms with van der Waals surface area (Å²) in [5.74, 6) is -0.998. The van der Waals surface area contributed by atoms with Crippen LogP contribution in [0.1, 0.15) is 22.3 Å². The van der Waals surface area contributed by atoms with Crippen molar-refractivity contribution in [2.24, 2.45) is 5.41 Å². The second-order valence-corrected chi connectivity index (χ2v) is 8.62. The summed E-state index contributed by atoms with van der Waals surface area (Å²) in [5, 5.41) is 4.81. The largest absolute Gasteiger partial charge is 0.359 e. The van der Waals surface area contributed by atoms with Crippen molar-refractivity contribution >= 4 is 23.2 Å². The van der Waals surface area contributed by atoms with E-state index >= 15 is 0 Å². The number of carbonyl (C=O) groups excluding carboxylic acids is 2. The van der Waals surface area contributed by atoms with E-state index in [-0.39, 0.29) is 23.9 Å². The molecule has 1 aromatic heterocycles. The molecule has 2 heterocycles. The zero-order valence-electron chi connectivity index (χ0n) is 16.7. The molecule has 1 aliphatic heterocycles. The average Bonchev–Trinajstić information content (AvgIpc) is 3.44. The van der Waals surface area contributed by atoms with Crippen molar-refractivity contribution in [1.82, 2.24) is 10.2 Å². The summed E-state index contributed by atoms with van der Waals surface area (Å²) in [6.07, 6.45) is 1.06. The molecule has 6 heteroatoms. The van der Waals surface area contributed by atoms with Crippen molar-refractivity contribution in [2.75, 3.05) is 20.1 Å². The van der Waals surface area contributed by atoms with E-state index in [0.29, 0.717) is 19.4 Å². The highest BCUT2D eigenvalue weighted by atomic mass is 32.1. The minimum Gasteiger partial charge on any atom is -0.359 e. The van der Waals surface area contributed by atoms with Crippen LogP contribution in [0.15, 0.2) is 66.0 Å². The van der Waals surface area contributed by atoms with E-state index in [1.54, 1.807) is 35.4 Å². The number of carbonyl (C=O) groups is 2. The minimum absolute atomic E-state index is 0.0462. The first kappa shape index (κ1) is 20.3. The van der Waals surface area contributed by atoms with Crippen LogP contribution in [0.2, 0.25) is 0 Å². The molecule has 2 amide bonds. The Balaban J connectivity index is 1.59. The Bertz CT molecular complexity index is 1070. The van der Waals surface area contributed by atoms with Gasteiger partial charge in [0.2, 0.25) is 5.91 Å². The van der Waals surface area contributed by atoms with Crippen molar-refractivity contribution in [3.8, 4) is 10.4 Å². The number of halogens is 1. The molecule has 30 heavy (non-hydrogen) atoms. The van der Waals surface area contributed by atoms with Crippen LogP contribution in [0.5, 0.6) is 0 Å². The highest BCUT2D eigenvalue weighted by Crippen LogP contribution is 2.36. The van der Waals surface area contributed by atoms with Crippen LogP contribution in [0.4, 0.5) is 4.39 Å². The van der Waals surface area contributed by atoms with E-state index in [1.165, 1.54) is 17.0 Å². The van der Waals surface area contributed by atoms with Crippen molar-refractivity contribution in [1.29, 1.82) is 0 Å². The normalized spacial score (nSPS) is 18.4. The van der Waals surface area contributed by atoms with Crippen LogP contribution >= 0.6 is 11.3 Å². The fraction of sp³-hybridized carbons (Fsp3) is 0.250. The number of likely N-dealkylation sites (tertiary alicyclic amines) is 1. The summed E-state index contributed by atoms with van der Waals surface area (Å²) in [4.78, 5) is 28.6. The standard InChI is InChI=1S/C24H23FN2O2S/c1-26-23(29)24(15-17-6-4-7-18(14-17)21-10-5-13-30-21)11-12-27(16-24)22(28)19-8-2-3-9-20(19)25/h2-10,13-14H,11-12,15-16H2,1H3,(H,26,29). The Morgan fingerprint density at radius 3 is 2.70 bits per heavy atom. The number of benzene rings is 2. The Kier molecular flexibility index (Phi) is 5.68. The fourth-order valence-corrected chi connectivity index (χ4v) is 4.92. The molecule has 1 aliphatic rings. The number of amides is 2. The second-order valence-electron chi connectivity index (χ2n) is 7.67. The number of nitrogens with zero attached hydrogens (tertiary/aromatic N) is 1. The summed E-state index contributed by atoms with van der Waals surface area (Å²) >= 11 is 1.67. The summed E-state index contributed by atoms with van der Waals surface area (Å²) in [5.41, 5.74) is 1.48. The van der Waals surface area contributed by atoms with Gasteiger partial charge in [-0.2, -0.15) is 0 Å². The summed E-state index contributed by atoms with van der Waals surface area (Å²) < 4.78 is 14.1. The second kappa shape index (κ2) is 8.40. The zero-order chi connectivity index (χ0) is 21.1. The molecule has 3 aromatic rings. The molecule has 0 bridgehead atoms. The van der Waals surface area contributed by atoms with Gasteiger partial charge in [0.1, 0.15) is 5.82 Å². The van der Waals surface area contributed by atoms with Crippen molar-refractivity contribution in [3.63, 3.8) is 0 Å². The number of nitrogens with one attached hydrogen (secondary N) is 1. The lowest BCUT2D eigenvalue weighted by molar-refractivity contribution is -0.129. The molecule has 154 valence electrons. The fourth-order valence-electron chi connectivity index (χ4n) is 4.19. The van der Waals surface area contributed by atoms with Crippen molar-refractivity contribution < 1.29 is 14.0 Å². The van der Waals surface area contributed by atoms with Gasteiger partial charge >= 0.3 is 0 Å². The van der Waals surface area contributed by atoms with Gasteiger partial charge in [0, 0.05) is 25.0 Å². The highest BCUT2D eigenvalue weighted by molar-refractivity contribution is 7.13. The maximum atomic E-state index is 14.1. The van der Waals surface area contributed by atoms with Gasteiger partial charge < -0.3 is 10.2 Å². The first-order valence-electron chi connectivity index (χ1n) is 9.91. The van der Waals surface area contributed by atoms with Gasteiger partial charge in [0.15, 0.2) is 0 Å². The van der Waals surface area contributed by atoms with E-state index in [4.69, 9.17) is 0 Å². The molecule has 1 N–H and O–H groups in total. The van der Waals surface area contributed by atoms with Gasteiger partial charge in [-0.15, -0.1) is 11.3 Å². The Hall–Kier alpha value is -2.99. The van der Waals surface area contributed by atoms with E-state index in [9.17, 15) is 14.0 Å². The monoisotopic (exact) mass is 422 g/mol. The SMILES string of the molecule is CNC(=O)C1(Cc2cccc(-c3cccs3)c2)CCN(C(=O)c2ccccc2F)C1. The van der Waals surface area contributed by atoms with Gasteiger partial charge in [-0.3, -0.25) is 9.59 Å². The van der Waals surface area contributed by atoms with Crippen LogP contribution in [-0.2, 0) is 11.2 Å². The summed E-state index contributed by atoms with van der Waals surface area (Å²) in [7, 11) is 1.62. The Morgan fingerprint density at radius 1 is 1.13 bits per heavy atom. The van der Waals surface area contributed by atoms with E-state index in [1.807, 2.05) is 23.6 Å². The first-order chi connectivity index (χ1) is 14.5. The molecule has 4 nitrogen and oxygen atoms in total. The van der Waals surface area contributed by atoms with Crippen molar-refractivity contribution in [3.05, 3.63) is 83.0 Å². The molecular formula is C24H23FN2O2S. The van der Waals surface area contributed by atoms with E-state index in [2.05, 4.69) is 23.5 Å². The minimum atomic E-state index is -0.732. The third-order valence-corrected chi connectivity index (χ3v) is 6.65. The molecule has 2 aromatic carbocycles. The Morgan fingerprint density at radius 2 is 1.97 bits per heavy atom. The zero-order valence-corrected chi connectivity index (χ0v) is 17.5. The van der Waals surface area contributed by atoms with Gasteiger partial charge in [-0.25, -0.2) is 4.39 Å². The molecule has 4 rings (SSSR count). The van der Waals surface area contributed by atoms with Gasteiger partial charge in [-0.1, -0.05) is 42.5 Å². The van der Waals surface area contributed by atoms with Crippen LogP contribution in [0.3, 0.4) is 0 Å². The molecule has 1 saturated heterocycles. The highest BCUT2D eigenvalue weighted by Gasteiger charge is 2.46. The van der Waals surface area contributed by atoms with Crippen LogP contribution in [-0.4, -0.2) is 36.9 Å². The number of hydrogen-bond acceptors (Lipinski definition) is 3. The lowest BCUT2D eigenvalue weighted by Gasteiger charge is -2.28. The number of rotatable bonds is 5. The maximum absolute atomic E-state index is 14.1. The third kappa shape index (κ3) is 3.87. The third-order valence-electron chi connectivity index (χ3n) is 5.73. The molecule has 0 saturated carbocycles. The van der Waals surface area contributed by atoms with Gasteiger partial charge in [-0.05, 0) is 47.5 Å². The summed E-state index contributed by atoms with van der Waals surface area (Å²) in [6, 6.07) is 18.3.